The number of nitrogens with one attached hydrogen (secondary N) is 1. The third kappa shape index (κ3) is 3.09. The highest BCUT2D eigenvalue weighted by atomic mass is 79.9. The second-order valence-corrected chi connectivity index (χ2v) is 8.95. The van der Waals surface area contributed by atoms with Gasteiger partial charge in [0, 0.05) is 11.4 Å². The highest BCUT2D eigenvalue weighted by molar-refractivity contribution is 9.10. The Morgan fingerprint density at radius 2 is 2.06 bits per heavy atom. The van der Waals surface area contributed by atoms with E-state index in [0.29, 0.717) is 8.81 Å². The van der Waals surface area contributed by atoms with Crippen LogP contribution in [0.1, 0.15) is 4.88 Å². The van der Waals surface area contributed by atoms with Crippen molar-refractivity contribution in [1.29, 1.82) is 0 Å². The van der Waals surface area contributed by atoms with Crippen molar-refractivity contribution in [1.82, 2.24) is 4.72 Å². The van der Waals surface area contributed by atoms with Gasteiger partial charge in [-0.1, -0.05) is 29.3 Å². The molecule has 9 heteroatoms. The zero-order chi connectivity index (χ0) is 13.3. The Hall–Kier alpha value is 0.370. The molecule has 98 valence electrons. The zero-order valence-corrected chi connectivity index (χ0v) is 14.2. The van der Waals surface area contributed by atoms with Crippen molar-refractivity contribution < 1.29 is 8.42 Å². The number of halogens is 3. The fraction of sp³-hybridized carbons (Fsp3) is 0.111. The summed E-state index contributed by atoms with van der Waals surface area (Å²) in [5, 5.41) is 1.88. The molecule has 0 aliphatic rings. The first-order valence-corrected chi connectivity index (χ1v) is 9.30. The molecular weight excluding hydrogens is 401 g/mol. The van der Waals surface area contributed by atoms with E-state index in [0.717, 1.165) is 16.2 Å². The topological polar surface area (TPSA) is 46.2 Å². The van der Waals surface area contributed by atoms with Crippen LogP contribution in [0.4, 0.5) is 0 Å². The lowest BCUT2D eigenvalue weighted by Crippen LogP contribution is -2.22. The van der Waals surface area contributed by atoms with E-state index in [4.69, 9.17) is 23.2 Å². The molecule has 3 nitrogen and oxygen atoms in total. The predicted octanol–water partition coefficient (Wildman–Crippen LogP) is 4.36. The SMILES string of the molecule is O=S(=O)(NCc1cccs1)c1c(Cl)sc(Cl)c1Br. The highest BCUT2D eigenvalue weighted by Gasteiger charge is 2.25. The zero-order valence-electron chi connectivity index (χ0n) is 8.61. The van der Waals surface area contributed by atoms with Crippen LogP contribution in [0.3, 0.4) is 0 Å². The molecule has 0 atom stereocenters. The van der Waals surface area contributed by atoms with Crippen molar-refractivity contribution >= 4 is 71.8 Å². The summed E-state index contributed by atoms with van der Waals surface area (Å²) in [6, 6.07) is 3.71. The number of rotatable bonds is 4. The molecule has 0 aliphatic heterocycles. The summed E-state index contributed by atoms with van der Waals surface area (Å²) in [5.74, 6) is 0. The van der Waals surface area contributed by atoms with Crippen LogP contribution in [0.5, 0.6) is 0 Å². The van der Waals surface area contributed by atoms with E-state index >= 15 is 0 Å². The monoisotopic (exact) mass is 405 g/mol. The third-order valence-electron chi connectivity index (χ3n) is 2.01. The first kappa shape index (κ1) is 14.8. The summed E-state index contributed by atoms with van der Waals surface area (Å²) >= 11 is 17.3. The molecule has 1 N–H and O–H groups in total. The van der Waals surface area contributed by atoms with Crippen molar-refractivity contribution in [3.63, 3.8) is 0 Å². The average molecular weight is 407 g/mol. The Balaban J connectivity index is 2.26. The molecule has 0 spiro atoms. The van der Waals surface area contributed by atoms with Gasteiger partial charge >= 0.3 is 0 Å². The van der Waals surface area contributed by atoms with Gasteiger partial charge in [0.05, 0.1) is 4.47 Å². The minimum atomic E-state index is -3.67. The summed E-state index contributed by atoms with van der Waals surface area (Å²) in [4.78, 5) is 0.919. The molecule has 2 rings (SSSR count). The Kier molecular flexibility index (Phi) is 4.75. The summed E-state index contributed by atoms with van der Waals surface area (Å²) in [6.07, 6.45) is 0. The smallest absolute Gasteiger partial charge is 0.207 e. The molecule has 0 radical (unpaired) electrons. The second-order valence-electron chi connectivity index (χ2n) is 3.20. The van der Waals surface area contributed by atoms with Gasteiger partial charge in [-0.05, 0) is 27.4 Å². The number of thiophene rings is 2. The van der Waals surface area contributed by atoms with Crippen LogP contribution in [0.25, 0.3) is 0 Å². The van der Waals surface area contributed by atoms with Crippen molar-refractivity contribution in [3.8, 4) is 0 Å². The molecular formula is C9H6BrCl2NO2S3. The van der Waals surface area contributed by atoms with Gasteiger partial charge in [-0.3, -0.25) is 0 Å². The Morgan fingerprint density at radius 3 is 2.56 bits per heavy atom. The van der Waals surface area contributed by atoms with Gasteiger partial charge in [-0.15, -0.1) is 22.7 Å². The van der Waals surface area contributed by atoms with Gasteiger partial charge in [0.25, 0.3) is 0 Å². The Morgan fingerprint density at radius 1 is 1.33 bits per heavy atom. The fourth-order valence-electron chi connectivity index (χ4n) is 1.22. The van der Waals surface area contributed by atoms with E-state index in [1.165, 1.54) is 11.3 Å². The maximum absolute atomic E-state index is 12.1. The Labute approximate surface area is 131 Å². The largest absolute Gasteiger partial charge is 0.244 e. The number of sulfonamides is 1. The number of hydrogen-bond acceptors (Lipinski definition) is 4. The average Bonchev–Trinajstić information content (AvgIpc) is 2.86. The van der Waals surface area contributed by atoms with E-state index in [1.807, 2.05) is 17.5 Å². The molecule has 0 unspecified atom stereocenters. The van der Waals surface area contributed by atoms with Crippen molar-refractivity contribution in [2.45, 2.75) is 11.4 Å². The van der Waals surface area contributed by atoms with Gasteiger partial charge < -0.3 is 0 Å². The molecule has 2 heterocycles. The van der Waals surface area contributed by atoms with Crippen LogP contribution in [0.2, 0.25) is 8.67 Å². The summed E-state index contributed by atoms with van der Waals surface area (Å²) < 4.78 is 27.5. The summed E-state index contributed by atoms with van der Waals surface area (Å²) in [6.45, 7) is 0.232. The molecule has 0 saturated heterocycles. The van der Waals surface area contributed by atoms with E-state index in [-0.39, 0.29) is 15.8 Å². The third-order valence-corrected chi connectivity index (χ3v) is 7.76. The van der Waals surface area contributed by atoms with Crippen molar-refractivity contribution in [3.05, 3.63) is 35.5 Å². The minimum absolute atomic E-state index is 0.00396. The van der Waals surface area contributed by atoms with E-state index in [2.05, 4.69) is 20.7 Å². The van der Waals surface area contributed by atoms with Gasteiger partial charge in [-0.25, -0.2) is 13.1 Å². The molecule has 2 aromatic heterocycles. The lowest BCUT2D eigenvalue weighted by molar-refractivity contribution is 0.582. The molecule has 0 aromatic carbocycles. The summed E-state index contributed by atoms with van der Waals surface area (Å²) in [5.41, 5.74) is 0. The maximum Gasteiger partial charge on any atom is 0.244 e. The van der Waals surface area contributed by atoms with E-state index in [1.54, 1.807) is 0 Å². The van der Waals surface area contributed by atoms with Gasteiger partial charge in [0.1, 0.15) is 13.6 Å². The van der Waals surface area contributed by atoms with Gasteiger partial charge in [0.2, 0.25) is 10.0 Å². The van der Waals surface area contributed by atoms with Crippen LogP contribution < -0.4 is 4.72 Å². The van der Waals surface area contributed by atoms with E-state index in [9.17, 15) is 8.42 Å². The molecule has 0 saturated carbocycles. The van der Waals surface area contributed by atoms with Crippen LogP contribution in [0, 0.1) is 0 Å². The molecule has 0 amide bonds. The first-order valence-electron chi connectivity index (χ1n) is 4.57. The quantitative estimate of drug-likeness (QED) is 0.819. The fourth-order valence-corrected chi connectivity index (χ4v) is 6.51. The lowest BCUT2D eigenvalue weighted by atomic mass is 10.5. The van der Waals surface area contributed by atoms with E-state index < -0.39 is 10.0 Å². The van der Waals surface area contributed by atoms with Crippen LogP contribution >= 0.6 is 61.8 Å². The normalized spacial score (nSPS) is 11.9. The highest BCUT2D eigenvalue weighted by Crippen LogP contribution is 2.42. The minimum Gasteiger partial charge on any atom is -0.207 e. The summed E-state index contributed by atoms with van der Waals surface area (Å²) in [7, 11) is -3.67. The standard InChI is InChI=1S/C9H6BrCl2NO2S3/c10-6-7(9(12)17-8(6)11)18(14,15)13-4-5-2-1-3-16-5/h1-3,13H,4H2. The van der Waals surface area contributed by atoms with Crippen LogP contribution in [-0.4, -0.2) is 8.42 Å². The molecule has 0 aliphatic carbocycles. The number of hydrogen-bond donors (Lipinski definition) is 1. The molecule has 0 bridgehead atoms. The van der Waals surface area contributed by atoms with Crippen LogP contribution in [0.15, 0.2) is 26.9 Å². The van der Waals surface area contributed by atoms with Crippen molar-refractivity contribution in [2.75, 3.05) is 0 Å². The van der Waals surface area contributed by atoms with Crippen molar-refractivity contribution in [2.24, 2.45) is 0 Å². The molecule has 18 heavy (non-hydrogen) atoms. The maximum atomic E-state index is 12.1. The molecule has 0 fully saturated rings. The second kappa shape index (κ2) is 5.78. The van der Waals surface area contributed by atoms with Crippen LogP contribution in [-0.2, 0) is 16.6 Å². The van der Waals surface area contributed by atoms with Gasteiger partial charge in [-0.2, -0.15) is 0 Å². The Bertz CT molecular complexity index is 652. The molecule has 2 aromatic rings. The lowest BCUT2D eigenvalue weighted by Gasteiger charge is -2.05. The first-order chi connectivity index (χ1) is 8.42. The predicted molar refractivity (Wildman–Crippen MR) is 80.4 cm³/mol. The van der Waals surface area contributed by atoms with Gasteiger partial charge in [0.15, 0.2) is 0 Å².